The lowest BCUT2D eigenvalue weighted by atomic mass is 10.0. The highest BCUT2D eigenvalue weighted by atomic mass is 19.4. The molecule has 102 valence electrons. The van der Waals surface area contributed by atoms with E-state index in [1.165, 1.54) is 24.0 Å². The lowest BCUT2D eigenvalue weighted by Crippen LogP contribution is -2.16. The summed E-state index contributed by atoms with van der Waals surface area (Å²) in [6.07, 6.45) is -1.86. The molecular formula is C12H11F4N3. The Morgan fingerprint density at radius 3 is 2.53 bits per heavy atom. The van der Waals surface area contributed by atoms with Gasteiger partial charge in [0.15, 0.2) is 0 Å². The number of alkyl halides is 3. The van der Waals surface area contributed by atoms with Gasteiger partial charge in [0.25, 0.3) is 0 Å². The molecule has 3 nitrogen and oxygen atoms in total. The fourth-order valence-electron chi connectivity index (χ4n) is 1.85. The van der Waals surface area contributed by atoms with Crippen LogP contribution in [0.2, 0.25) is 0 Å². The van der Waals surface area contributed by atoms with Gasteiger partial charge in [0, 0.05) is 6.20 Å². The summed E-state index contributed by atoms with van der Waals surface area (Å²) >= 11 is 0. The first-order valence-corrected chi connectivity index (χ1v) is 5.45. The minimum atomic E-state index is -4.62. The fraction of sp³-hybridized carbons (Fsp3) is 0.250. The zero-order chi connectivity index (χ0) is 14.2. The summed E-state index contributed by atoms with van der Waals surface area (Å²) in [7, 11) is 0. The first kappa shape index (κ1) is 13.4. The predicted molar refractivity (Wildman–Crippen MR) is 61.9 cm³/mol. The van der Waals surface area contributed by atoms with E-state index in [4.69, 9.17) is 5.73 Å². The summed E-state index contributed by atoms with van der Waals surface area (Å²) in [5.74, 6) is -0.928. The highest BCUT2D eigenvalue weighted by Gasteiger charge is 2.35. The summed E-state index contributed by atoms with van der Waals surface area (Å²) in [4.78, 5) is 0. The second kappa shape index (κ2) is 4.56. The SMILES string of the molecule is CC(c1ccc(F)cc1C(F)(F)F)n1cc(N)cn1. The maximum atomic E-state index is 13.0. The zero-order valence-electron chi connectivity index (χ0n) is 9.95. The standard InChI is InChI=1S/C12H11F4N3/c1-7(19-6-9(17)5-18-19)10-3-2-8(13)4-11(10)12(14,15)16/h2-7H,17H2,1H3. The van der Waals surface area contributed by atoms with Crippen LogP contribution in [0.1, 0.15) is 24.1 Å². The van der Waals surface area contributed by atoms with Crippen LogP contribution in [0.25, 0.3) is 0 Å². The maximum Gasteiger partial charge on any atom is 0.416 e. The van der Waals surface area contributed by atoms with Crippen molar-refractivity contribution in [3.63, 3.8) is 0 Å². The molecule has 1 unspecified atom stereocenters. The van der Waals surface area contributed by atoms with Gasteiger partial charge in [-0.1, -0.05) is 6.07 Å². The average molecular weight is 273 g/mol. The number of nitrogens with zero attached hydrogens (tertiary/aromatic N) is 2. The monoisotopic (exact) mass is 273 g/mol. The van der Waals surface area contributed by atoms with Gasteiger partial charge in [-0.15, -0.1) is 0 Å². The van der Waals surface area contributed by atoms with E-state index >= 15 is 0 Å². The summed E-state index contributed by atoms with van der Waals surface area (Å²) < 4.78 is 53.0. The van der Waals surface area contributed by atoms with Gasteiger partial charge in [-0.3, -0.25) is 4.68 Å². The Balaban J connectivity index is 2.50. The van der Waals surface area contributed by atoms with Crippen molar-refractivity contribution in [3.8, 4) is 0 Å². The van der Waals surface area contributed by atoms with Gasteiger partial charge in [-0.05, 0) is 24.6 Å². The molecule has 0 aliphatic rings. The van der Waals surface area contributed by atoms with Crippen LogP contribution in [-0.4, -0.2) is 9.78 Å². The molecule has 0 saturated carbocycles. The van der Waals surface area contributed by atoms with Gasteiger partial charge in [-0.2, -0.15) is 18.3 Å². The summed E-state index contributed by atoms with van der Waals surface area (Å²) in [5, 5.41) is 3.87. The van der Waals surface area contributed by atoms with Crippen LogP contribution in [0.15, 0.2) is 30.6 Å². The maximum absolute atomic E-state index is 13.0. The number of nitrogen functional groups attached to an aromatic ring is 1. The van der Waals surface area contributed by atoms with Crippen molar-refractivity contribution < 1.29 is 17.6 Å². The molecule has 19 heavy (non-hydrogen) atoms. The highest BCUT2D eigenvalue weighted by Crippen LogP contribution is 2.36. The minimum Gasteiger partial charge on any atom is -0.396 e. The third-order valence-corrected chi connectivity index (χ3v) is 2.79. The van der Waals surface area contributed by atoms with E-state index in [-0.39, 0.29) is 5.56 Å². The van der Waals surface area contributed by atoms with E-state index < -0.39 is 23.6 Å². The molecule has 1 atom stereocenters. The number of hydrogen-bond donors (Lipinski definition) is 1. The Labute approximate surface area is 106 Å². The number of nitrogens with two attached hydrogens (primary N) is 1. The molecule has 0 saturated heterocycles. The Morgan fingerprint density at radius 2 is 2.00 bits per heavy atom. The number of hydrogen-bond acceptors (Lipinski definition) is 2. The molecule has 1 heterocycles. The summed E-state index contributed by atoms with van der Waals surface area (Å²) in [6, 6.07) is 1.89. The smallest absolute Gasteiger partial charge is 0.396 e. The first-order valence-electron chi connectivity index (χ1n) is 5.45. The third-order valence-electron chi connectivity index (χ3n) is 2.79. The molecular weight excluding hydrogens is 262 g/mol. The molecule has 0 spiro atoms. The van der Waals surface area contributed by atoms with Crippen molar-refractivity contribution in [2.24, 2.45) is 0 Å². The van der Waals surface area contributed by atoms with E-state index in [2.05, 4.69) is 5.10 Å². The molecule has 0 radical (unpaired) electrons. The van der Waals surface area contributed by atoms with Crippen LogP contribution < -0.4 is 5.73 Å². The topological polar surface area (TPSA) is 43.8 Å². The number of halogens is 4. The van der Waals surface area contributed by atoms with Gasteiger partial charge < -0.3 is 5.73 Å². The molecule has 2 rings (SSSR count). The Bertz CT molecular complexity index is 589. The molecule has 0 aliphatic carbocycles. The quantitative estimate of drug-likeness (QED) is 0.854. The van der Waals surface area contributed by atoms with Crippen LogP contribution in [0.3, 0.4) is 0 Å². The van der Waals surface area contributed by atoms with Crippen LogP contribution in [0.4, 0.5) is 23.2 Å². The molecule has 1 aromatic heterocycles. The van der Waals surface area contributed by atoms with Crippen LogP contribution in [-0.2, 0) is 6.18 Å². The molecule has 0 amide bonds. The predicted octanol–water partition coefficient (Wildman–Crippen LogP) is 3.23. The number of anilines is 1. The lowest BCUT2D eigenvalue weighted by molar-refractivity contribution is -0.138. The number of benzene rings is 1. The van der Waals surface area contributed by atoms with Crippen molar-refractivity contribution >= 4 is 5.69 Å². The molecule has 0 fully saturated rings. The molecule has 2 aromatic rings. The van der Waals surface area contributed by atoms with Gasteiger partial charge in [-0.25, -0.2) is 4.39 Å². The van der Waals surface area contributed by atoms with Crippen molar-refractivity contribution in [3.05, 3.63) is 47.5 Å². The number of aromatic nitrogens is 2. The van der Waals surface area contributed by atoms with Crippen LogP contribution >= 0.6 is 0 Å². The molecule has 1 aromatic carbocycles. The van der Waals surface area contributed by atoms with E-state index in [9.17, 15) is 17.6 Å². The van der Waals surface area contributed by atoms with Crippen LogP contribution in [0, 0.1) is 5.82 Å². The Morgan fingerprint density at radius 1 is 1.32 bits per heavy atom. The number of rotatable bonds is 2. The molecule has 7 heteroatoms. The van der Waals surface area contributed by atoms with Crippen molar-refractivity contribution in [2.45, 2.75) is 19.1 Å². The third kappa shape index (κ3) is 2.69. The second-order valence-electron chi connectivity index (χ2n) is 4.16. The zero-order valence-corrected chi connectivity index (χ0v) is 9.95. The highest BCUT2D eigenvalue weighted by molar-refractivity contribution is 5.35. The largest absolute Gasteiger partial charge is 0.416 e. The van der Waals surface area contributed by atoms with Gasteiger partial charge in [0.05, 0.1) is 23.5 Å². The average Bonchev–Trinajstić information content (AvgIpc) is 2.74. The van der Waals surface area contributed by atoms with Crippen molar-refractivity contribution in [2.75, 3.05) is 5.73 Å². The Hall–Kier alpha value is -2.05. The summed E-state index contributed by atoms with van der Waals surface area (Å²) in [6.45, 7) is 1.54. The molecule has 0 aliphatic heterocycles. The van der Waals surface area contributed by atoms with E-state index in [1.54, 1.807) is 0 Å². The normalized spacial score (nSPS) is 13.5. The van der Waals surface area contributed by atoms with E-state index in [0.717, 1.165) is 12.1 Å². The Kier molecular flexibility index (Phi) is 3.21. The van der Waals surface area contributed by atoms with Gasteiger partial charge in [0.1, 0.15) is 5.82 Å². The first-order chi connectivity index (χ1) is 8.79. The molecule has 2 N–H and O–H groups in total. The molecule has 0 bridgehead atoms. The minimum absolute atomic E-state index is 0.0583. The fourth-order valence-corrected chi connectivity index (χ4v) is 1.85. The van der Waals surface area contributed by atoms with Crippen molar-refractivity contribution in [1.29, 1.82) is 0 Å². The van der Waals surface area contributed by atoms with Crippen LogP contribution in [0.5, 0.6) is 0 Å². The lowest BCUT2D eigenvalue weighted by Gasteiger charge is -2.18. The van der Waals surface area contributed by atoms with Gasteiger partial charge >= 0.3 is 6.18 Å². The second-order valence-corrected chi connectivity index (χ2v) is 4.16. The van der Waals surface area contributed by atoms with Crippen molar-refractivity contribution in [1.82, 2.24) is 9.78 Å². The van der Waals surface area contributed by atoms with Gasteiger partial charge in [0.2, 0.25) is 0 Å². The summed E-state index contributed by atoms with van der Waals surface area (Å²) in [5.41, 5.74) is 4.76. The van der Waals surface area contributed by atoms with E-state index in [1.807, 2.05) is 0 Å². The van der Waals surface area contributed by atoms with E-state index in [0.29, 0.717) is 11.8 Å².